The molecular weight excluding hydrogens is 212 g/mol. The lowest BCUT2D eigenvalue weighted by Gasteiger charge is -2.35. The van der Waals surface area contributed by atoms with Crippen molar-refractivity contribution < 1.29 is 4.74 Å². The number of rotatable bonds is 4. The largest absolute Gasteiger partial charge is 0.380 e. The first kappa shape index (κ1) is 13.3. The average Bonchev–Trinajstić information content (AvgIpc) is 2.67. The summed E-state index contributed by atoms with van der Waals surface area (Å²) in [4.78, 5) is 2.58. The molecule has 17 heavy (non-hydrogen) atoms. The second-order valence-electron chi connectivity index (χ2n) is 6.00. The highest BCUT2D eigenvalue weighted by Crippen LogP contribution is 2.35. The molecule has 0 aromatic heterocycles. The van der Waals surface area contributed by atoms with E-state index in [1.54, 1.807) is 0 Å². The van der Waals surface area contributed by atoms with Gasteiger partial charge in [-0.1, -0.05) is 25.7 Å². The molecule has 100 valence electrons. The van der Waals surface area contributed by atoms with Crippen LogP contribution in [0, 0.1) is 5.41 Å². The van der Waals surface area contributed by atoms with E-state index in [-0.39, 0.29) is 0 Å². The third-order valence-electron chi connectivity index (χ3n) is 4.72. The van der Waals surface area contributed by atoms with Crippen LogP contribution in [0.25, 0.3) is 0 Å². The fraction of sp³-hybridized carbons (Fsp3) is 1.00. The zero-order chi connectivity index (χ0) is 12.1. The number of methoxy groups -OCH3 is 1. The monoisotopic (exact) mass is 240 g/mol. The van der Waals surface area contributed by atoms with Gasteiger partial charge in [-0.3, -0.25) is 0 Å². The van der Waals surface area contributed by atoms with E-state index in [0.717, 1.165) is 13.1 Å². The molecule has 1 aliphatic heterocycles. The third-order valence-corrected chi connectivity index (χ3v) is 4.72. The number of likely N-dealkylation sites (tertiary alicyclic amines) is 1. The molecule has 0 amide bonds. The van der Waals surface area contributed by atoms with E-state index in [2.05, 4.69) is 4.90 Å². The molecule has 3 heteroatoms. The Labute approximate surface area is 106 Å². The van der Waals surface area contributed by atoms with Crippen molar-refractivity contribution in [3.8, 4) is 0 Å². The lowest BCUT2D eigenvalue weighted by Crippen LogP contribution is -2.42. The Morgan fingerprint density at radius 3 is 2.47 bits per heavy atom. The molecule has 1 aliphatic carbocycles. The smallest absolute Gasteiger partial charge is 0.0710 e. The first-order chi connectivity index (χ1) is 8.28. The van der Waals surface area contributed by atoms with Gasteiger partial charge >= 0.3 is 0 Å². The maximum atomic E-state index is 6.10. The van der Waals surface area contributed by atoms with Crippen LogP contribution in [0.3, 0.4) is 0 Å². The summed E-state index contributed by atoms with van der Waals surface area (Å²) in [6.45, 7) is 4.36. The zero-order valence-electron chi connectivity index (χ0n) is 11.3. The molecular formula is C14H28N2O. The molecule has 0 aromatic carbocycles. The molecule has 2 rings (SSSR count). The fourth-order valence-electron chi connectivity index (χ4n) is 3.51. The van der Waals surface area contributed by atoms with Crippen molar-refractivity contribution in [3.63, 3.8) is 0 Å². The van der Waals surface area contributed by atoms with E-state index in [9.17, 15) is 0 Å². The summed E-state index contributed by atoms with van der Waals surface area (Å²) < 4.78 is 5.45. The highest BCUT2D eigenvalue weighted by atomic mass is 16.5. The van der Waals surface area contributed by atoms with Crippen molar-refractivity contribution in [3.05, 3.63) is 0 Å². The first-order valence-electron chi connectivity index (χ1n) is 7.23. The lowest BCUT2D eigenvalue weighted by atomic mass is 9.80. The summed E-state index contributed by atoms with van der Waals surface area (Å²) in [7, 11) is 1.83. The molecule has 0 spiro atoms. The molecule has 3 nitrogen and oxygen atoms in total. The van der Waals surface area contributed by atoms with Gasteiger partial charge in [-0.2, -0.15) is 0 Å². The summed E-state index contributed by atoms with van der Waals surface area (Å²) in [6.07, 6.45) is 9.87. The van der Waals surface area contributed by atoms with Gasteiger partial charge in [0.2, 0.25) is 0 Å². The summed E-state index contributed by atoms with van der Waals surface area (Å²) in [5.41, 5.74) is 6.50. The van der Waals surface area contributed by atoms with Crippen molar-refractivity contribution in [2.45, 2.75) is 51.0 Å². The molecule has 1 unspecified atom stereocenters. The van der Waals surface area contributed by atoms with Gasteiger partial charge in [-0.25, -0.2) is 0 Å². The van der Waals surface area contributed by atoms with E-state index in [1.807, 2.05) is 7.11 Å². The van der Waals surface area contributed by atoms with E-state index in [0.29, 0.717) is 11.5 Å². The molecule has 1 heterocycles. The van der Waals surface area contributed by atoms with E-state index >= 15 is 0 Å². The van der Waals surface area contributed by atoms with Crippen LogP contribution in [0.2, 0.25) is 0 Å². The van der Waals surface area contributed by atoms with Crippen LogP contribution in [0.4, 0.5) is 0 Å². The Morgan fingerprint density at radius 2 is 1.94 bits per heavy atom. The van der Waals surface area contributed by atoms with Crippen molar-refractivity contribution in [2.24, 2.45) is 11.1 Å². The van der Waals surface area contributed by atoms with Gasteiger partial charge in [0, 0.05) is 26.7 Å². The Balaban J connectivity index is 1.89. The maximum absolute atomic E-state index is 6.10. The van der Waals surface area contributed by atoms with Gasteiger partial charge in [0.15, 0.2) is 0 Å². The minimum absolute atomic E-state index is 0.402. The topological polar surface area (TPSA) is 38.5 Å². The second-order valence-corrected chi connectivity index (χ2v) is 6.00. The molecule has 0 radical (unpaired) electrons. The molecule has 1 atom stereocenters. The van der Waals surface area contributed by atoms with Crippen LogP contribution in [0.1, 0.15) is 44.9 Å². The number of hydrogen-bond acceptors (Lipinski definition) is 3. The van der Waals surface area contributed by atoms with E-state index < -0.39 is 0 Å². The van der Waals surface area contributed by atoms with Crippen LogP contribution >= 0.6 is 0 Å². The van der Waals surface area contributed by atoms with Crippen LogP contribution < -0.4 is 5.73 Å². The molecule has 1 saturated heterocycles. The summed E-state index contributed by atoms with van der Waals surface area (Å²) in [5, 5.41) is 0. The fourth-order valence-corrected chi connectivity index (χ4v) is 3.51. The zero-order valence-corrected chi connectivity index (χ0v) is 11.3. The first-order valence-corrected chi connectivity index (χ1v) is 7.23. The average molecular weight is 240 g/mol. The predicted molar refractivity (Wildman–Crippen MR) is 71.0 cm³/mol. The van der Waals surface area contributed by atoms with Crippen molar-refractivity contribution >= 4 is 0 Å². The molecule has 1 saturated carbocycles. The Kier molecular flexibility index (Phi) is 4.83. The number of nitrogens with zero attached hydrogens (tertiary/aromatic N) is 1. The van der Waals surface area contributed by atoms with Gasteiger partial charge in [-0.05, 0) is 31.2 Å². The van der Waals surface area contributed by atoms with Crippen LogP contribution in [0.5, 0.6) is 0 Å². The van der Waals surface area contributed by atoms with Crippen LogP contribution in [0.15, 0.2) is 0 Å². The van der Waals surface area contributed by atoms with E-state index in [4.69, 9.17) is 10.5 Å². The highest BCUT2D eigenvalue weighted by Gasteiger charge is 2.34. The minimum Gasteiger partial charge on any atom is -0.380 e. The Hall–Kier alpha value is -0.120. The second kappa shape index (κ2) is 6.17. The van der Waals surface area contributed by atoms with Crippen molar-refractivity contribution in [1.82, 2.24) is 4.90 Å². The van der Waals surface area contributed by atoms with Crippen molar-refractivity contribution in [2.75, 3.05) is 33.3 Å². The predicted octanol–water partition coefficient (Wildman–Crippen LogP) is 2.01. The third kappa shape index (κ3) is 3.43. The van der Waals surface area contributed by atoms with Crippen LogP contribution in [-0.4, -0.2) is 44.3 Å². The van der Waals surface area contributed by atoms with Gasteiger partial charge in [0.1, 0.15) is 0 Å². The number of hydrogen-bond donors (Lipinski definition) is 1. The summed E-state index contributed by atoms with van der Waals surface area (Å²) in [5.74, 6) is 0. The molecule has 0 aromatic rings. The SMILES string of the molecule is COC1CCN(CC2(CN)CCCCCC2)C1. The van der Waals surface area contributed by atoms with E-state index in [1.165, 1.54) is 58.0 Å². The number of ether oxygens (including phenoxy) is 1. The number of nitrogens with two attached hydrogens (primary N) is 1. The lowest BCUT2D eigenvalue weighted by molar-refractivity contribution is 0.0944. The minimum atomic E-state index is 0.402. The normalized spacial score (nSPS) is 30.4. The molecule has 0 bridgehead atoms. The highest BCUT2D eigenvalue weighted by molar-refractivity contribution is 4.88. The van der Waals surface area contributed by atoms with Crippen molar-refractivity contribution in [1.29, 1.82) is 0 Å². The molecule has 2 fully saturated rings. The quantitative estimate of drug-likeness (QED) is 0.764. The van der Waals surface area contributed by atoms with Gasteiger partial charge in [0.05, 0.1) is 6.10 Å². The van der Waals surface area contributed by atoms with Crippen LogP contribution in [-0.2, 0) is 4.74 Å². The van der Waals surface area contributed by atoms with Gasteiger partial charge < -0.3 is 15.4 Å². The Morgan fingerprint density at radius 1 is 1.24 bits per heavy atom. The standard InChI is InChI=1S/C14H28N2O/c1-17-13-6-9-16(10-13)12-14(11-15)7-4-2-3-5-8-14/h13H,2-12,15H2,1H3. The van der Waals surface area contributed by atoms with Gasteiger partial charge in [0.25, 0.3) is 0 Å². The molecule has 2 N–H and O–H groups in total. The molecule has 2 aliphatic rings. The summed E-state index contributed by atoms with van der Waals surface area (Å²) >= 11 is 0. The van der Waals surface area contributed by atoms with Gasteiger partial charge in [-0.15, -0.1) is 0 Å². The summed E-state index contributed by atoms with van der Waals surface area (Å²) in [6, 6.07) is 0. The Bertz CT molecular complexity index is 224. The maximum Gasteiger partial charge on any atom is 0.0710 e.